The van der Waals surface area contributed by atoms with Crippen LogP contribution in [-0.4, -0.2) is 18.0 Å². The van der Waals surface area contributed by atoms with Gasteiger partial charge in [0, 0.05) is 5.56 Å². The number of rotatable bonds is 4. The maximum Gasteiger partial charge on any atom is 0.147 e. The van der Waals surface area contributed by atoms with Crippen LogP contribution in [-0.2, 0) is 0 Å². The number of nitrogens with zero attached hydrogens (tertiary/aromatic N) is 2. The van der Waals surface area contributed by atoms with Crippen molar-refractivity contribution in [3.8, 4) is 6.07 Å². The van der Waals surface area contributed by atoms with Crippen LogP contribution >= 0.6 is 11.6 Å². The first kappa shape index (κ1) is 13.0. The van der Waals surface area contributed by atoms with E-state index in [4.69, 9.17) is 16.9 Å². The number of hydrogen-bond donors (Lipinski definition) is 0. The third kappa shape index (κ3) is 2.52. The molecule has 1 unspecified atom stereocenters. The Morgan fingerprint density at radius 2 is 2.06 bits per heavy atom. The molecule has 4 heteroatoms. The normalized spacial score (nSPS) is 12.5. The maximum absolute atomic E-state index is 13.8. The lowest BCUT2D eigenvalue weighted by molar-refractivity contribution is 0.258. The lowest BCUT2D eigenvalue weighted by Crippen LogP contribution is -2.28. The van der Waals surface area contributed by atoms with Gasteiger partial charge < -0.3 is 0 Å². The summed E-state index contributed by atoms with van der Waals surface area (Å²) < 4.78 is 13.8. The molecule has 1 aromatic rings. The summed E-state index contributed by atoms with van der Waals surface area (Å²) in [6.07, 6.45) is 0. The van der Waals surface area contributed by atoms with Gasteiger partial charge in [-0.2, -0.15) is 5.26 Å². The minimum Gasteiger partial charge on any atom is -0.285 e. The van der Waals surface area contributed by atoms with Crippen LogP contribution < -0.4 is 0 Å². The van der Waals surface area contributed by atoms with E-state index in [-0.39, 0.29) is 5.02 Å². The van der Waals surface area contributed by atoms with Gasteiger partial charge in [0.1, 0.15) is 11.9 Å². The summed E-state index contributed by atoms with van der Waals surface area (Å²) in [6.45, 7) is 5.27. The van der Waals surface area contributed by atoms with E-state index < -0.39 is 11.9 Å². The van der Waals surface area contributed by atoms with E-state index in [0.717, 1.165) is 0 Å². The Bertz CT molecular complexity index is 396. The lowest BCUT2D eigenvalue weighted by Gasteiger charge is -2.24. The monoisotopic (exact) mass is 240 g/mol. The van der Waals surface area contributed by atoms with E-state index >= 15 is 0 Å². The summed E-state index contributed by atoms with van der Waals surface area (Å²) in [4.78, 5) is 1.88. The second kappa shape index (κ2) is 5.83. The molecule has 1 atom stereocenters. The second-order valence-corrected chi connectivity index (χ2v) is 3.80. The van der Waals surface area contributed by atoms with Crippen molar-refractivity contribution in [2.75, 3.05) is 13.1 Å². The molecule has 0 saturated heterocycles. The molecule has 0 spiro atoms. The Kier molecular flexibility index (Phi) is 4.72. The van der Waals surface area contributed by atoms with Gasteiger partial charge in [-0.1, -0.05) is 37.6 Å². The van der Waals surface area contributed by atoms with Crippen LogP contribution in [0.5, 0.6) is 0 Å². The van der Waals surface area contributed by atoms with Gasteiger partial charge in [-0.15, -0.1) is 0 Å². The summed E-state index contributed by atoms with van der Waals surface area (Å²) in [6, 6.07) is 6.29. The van der Waals surface area contributed by atoms with Crippen LogP contribution in [0.1, 0.15) is 25.5 Å². The first-order valence-electron chi connectivity index (χ1n) is 5.23. The van der Waals surface area contributed by atoms with Crippen molar-refractivity contribution in [1.29, 1.82) is 5.26 Å². The average molecular weight is 241 g/mol. The first-order valence-corrected chi connectivity index (χ1v) is 5.61. The molecule has 0 fully saturated rings. The van der Waals surface area contributed by atoms with E-state index in [1.165, 1.54) is 6.07 Å². The minimum atomic E-state index is -0.575. The number of nitriles is 1. The molecule has 0 aromatic heterocycles. The van der Waals surface area contributed by atoms with Gasteiger partial charge in [-0.3, -0.25) is 4.90 Å². The smallest absolute Gasteiger partial charge is 0.147 e. The molecule has 0 N–H and O–H groups in total. The zero-order chi connectivity index (χ0) is 12.1. The molecule has 0 radical (unpaired) electrons. The van der Waals surface area contributed by atoms with E-state index in [0.29, 0.717) is 18.7 Å². The average Bonchev–Trinajstić information content (AvgIpc) is 2.30. The highest BCUT2D eigenvalue weighted by Crippen LogP contribution is 2.26. The molecule has 0 aliphatic rings. The fraction of sp³-hybridized carbons (Fsp3) is 0.417. The van der Waals surface area contributed by atoms with Gasteiger partial charge in [0.15, 0.2) is 0 Å². The van der Waals surface area contributed by atoms with Gasteiger partial charge in [0.2, 0.25) is 0 Å². The van der Waals surface area contributed by atoms with E-state index in [1.807, 2.05) is 18.7 Å². The van der Waals surface area contributed by atoms with E-state index in [2.05, 4.69) is 6.07 Å². The zero-order valence-electron chi connectivity index (χ0n) is 9.37. The lowest BCUT2D eigenvalue weighted by atomic mass is 10.1. The molecule has 1 aromatic carbocycles. The van der Waals surface area contributed by atoms with Crippen molar-refractivity contribution in [1.82, 2.24) is 4.90 Å². The van der Waals surface area contributed by atoms with Gasteiger partial charge in [-0.05, 0) is 19.2 Å². The third-order valence-corrected chi connectivity index (χ3v) is 2.87. The summed E-state index contributed by atoms with van der Waals surface area (Å²) in [5.41, 5.74) is 0.346. The minimum absolute atomic E-state index is 0.0601. The van der Waals surface area contributed by atoms with Crippen LogP contribution in [0.2, 0.25) is 5.02 Å². The van der Waals surface area contributed by atoms with Crippen molar-refractivity contribution in [3.63, 3.8) is 0 Å². The summed E-state index contributed by atoms with van der Waals surface area (Å²) in [7, 11) is 0. The second-order valence-electron chi connectivity index (χ2n) is 3.40. The molecule has 0 saturated carbocycles. The number of halogens is 2. The van der Waals surface area contributed by atoms with Crippen LogP contribution in [0, 0.1) is 17.1 Å². The molecular formula is C12H14ClFN2. The van der Waals surface area contributed by atoms with E-state index in [1.54, 1.807) is 12.1 Å². The Balaban J connectivity index is 3.14. The van der Waals surface area contributed by atoms with Crippen molar-refractivity contribution in [2.45, 2.75) is 19.9 Å². The zero-order valence-corrected chi connectivity index (χ0v) is 10.1. The van der Waals surface area contributed by atoms with Crippen LogP contribution in [0.4, 0.5) is 4.39 Å². The maximum atomic E-state index is 13.8. The standard InChI is InChI=1S/C12H14ClFN2/c1-3-16(4-2)11(8-15)9-6-5-7-10(13)12(9)14/h5-7,11H,3-4H2,1-2H3. The van der Waals surface area contributed by atoms with E-state index in [9.17, 15) is 4.39 Å². The number of hydrogen-bond acceptors (Lipinski definition) is 2. The topological polar surface area (TPSA) is 27.0 Å². The molecule has 0 aliphatic heterocycles. The molecular weight excluding hydrogens is 227 g/mol. The summed E-state index contributed by atoms with van der Waals surface area (Å²) in [5, 5.41) is 9.19. The van der Waals surface area contributed by atoms with Crippen molar-refractivity contribution in [3.05, 3.63) is 34.6 Å². The molecule has 0 aliphatic carbocycles. The van der Waals surface area contributed by atoms with Crippen molar-refractivity contribution in [2.24, 2.45) is 0 Å². The molecule has 0 heterocycles. The van der Waals surface area contributed by atoms with Crippen LogP contribution in [0.25, 0.3) is 0 Å². The first-order chi connectivity index (χ1) is 7.65. The molecule has 1 rings (SSSR count). The summed E-state index contributed by atoms with van der Waals surface area (Å²) >= 11 is 5.70. The molecule has 2 nitrogen and oxygen atoms in total. The Labute approximate surface area is 100 Å². The van der Waals surface area contributed by atoms with Crippen molar-refractivity contribution < 1.29 is 4.39 Å². The van der Waals surface area contributed by atoms with Gasteiger partial charge >= 0.3 is 0 Å². The molecule has 0 bridgehead atoms. The number of benzene rings is 1. The Morgan fingerprint density at radius 1 is 1.44 bits per heavy atom. The predicted molar refractivity (Wildman–Crippen MR) is 62.7 cm³/mol. The Morgan fingerprint density at radius 3 is 2.56 bits per heavy atom. The van der Waals surface area contributed by atoms with Gasteiger partial charge in [0.05, 0.1) is 11.1 Å². The molecule has 16 heavy (non-hydrogen) atoms. The van der Waals surface area contributed by atoms with Crippen LogP contribution in [0.3, 0.4) is 0 Å². The third-order valence-electron chi connectivity index (χ3n) is 2.58. The molecule has 0 amide bonds. The highest BCUT2D eigenvalue weighted by atomic mass is 35.5. The highest BCUT2D eigenvalue weighted by Gasteiger charge is 2.21. The Hall–Kier alpha value is -1.11. The largest absolute Gasteiger partial charge is 0.285 e. The van der Waals surface area contributed by atoms with Gasteiger partial charge in [0.25, 0.3) is 0 Å². The van der Waals surface area contributed by atoms with Gasteiger partial charge in [-0.25, -0.2) is 4.39 Å². The quantitative estimate of drug-likeness (QED) is 0.807. The SMILES string of the molecule is CCN(CC)C(C#N)c1cccc(Cl)c1F. The fourth-order valence-electron chi connectivity index (χ4n) is 1.67. The van der Waals surface area contributed by atoms with Crippen LogP contribution in [0.15, 0.2) is 18.2 Å². The highest BCUT2D eigenvalue weighted by molar-refractivity contribution is 6.30. The fourth-order valence-corrected chi connectivity index (χ4v) is 1.85. The predicted octanol–water partition coefficient (Wildman–Crippen LogP) is 3.39. The summed E-state index contributed by atoms with van der Waals surface area (Å²) in [5.74, 6) is -0.498. The van der Waals surface area contributed by atoms with Crippen molar-refractivity contribution >= 4 is 11.6 Å². The molecule has 86 valence electrons.